The molecule has 0 spiro atoms. The second-order valence-corrected chi connectivity index (χ2v) is 6.68. The summed E-state index contributed by atoms with van der Waals surface area (Å²) >= 11 is 3.54. The van der Waals surface area contributed by atoms with Crippen LogP contribution >= 0.6 is 15.9 Å². The first-order valence-electron chi connectivity index (χ1n) is 7.26. The van der Waals surface area contributed by atoms with Gasteiger partial charge in [-0.15, -0.1) is 0 Å². The zero-order valence-corrected chi connectivity index (χ0v) is 13.4. The SMILES string of the molecule is Cc1ccc(Br)cc1C(N)Cc1ccc2c(c1)CCC2. The molecule has 1 unspecified atom stereocenters. The van der Waals surface area contributed by atoms with Crippen LogP contribution < -0.4 is 5.73 Å². The Labute approximate surface area is 129 Å². The summed E-state index contributed by atoms with van der Waals surface area (Å²) in [5.74, 6) is 0. The van der Waals surface area contributed by atoms with Crippen LogP contribution in [0.2, 0.25) is 0 Å². The van der Waals surface area contributed by atoms with Crippen LogP contribution in [0.1, 0.15) is 40.3 Å². The van der Waals surface area contributed by atoms with Crippen molar-refractivity contribution >= 4 is 15.9 Å². The van der Waals surface area contributed by atoms with Crippen LogP contribution in [0.4, 0.5) is 0 Å². The number of benzene rings is 2. The van der Waals surface area contributed by atoms with Gasteiger partial charge >= 0.3 is 0 Å². The quantitative estimate of drug-likeness (QED) is 0.882. The summed E-state index contributed by atoms with van der Waals surface area (Å²) in [5.41, 5.74) is 13.3. The van der Waals surface area contributed by atoms with Crippen molar-refractivity contribution in [3.8, 4) is 0 Å². The van der Waals surface area contributed by atoms with Crippen molar-refractivity contribution in [2.45, 2.75) is 38.6 Å². The molecule has 2 aromatic carbocycles. The molecule has 2 heteroatoms. The number of nitrogens with two attached hydrogens (primary N) is 1. The molecule has 1 aliphatic rings. The molecule has 0 aliphatic heterocycles. The first kappa shape index (κ1) is 13.8. The van der Waals surface area contributed by atoms with Gasteiger partial charge in [0, 0.05) is 10.5 Å². The van der Waals surface area contributed by atoms with E-state index in [2.05, 4.69) is 59.3 Å². The molecule has 2 N–H and O–H groups in total. The molecule has 0 saturated carbocycles. The number of hydrogen-bond acceptors (Lipinski definition) is 1. The van der Waals surface area contributed by atoms with Crippen molar-refractivity contribution in [1.82, 2.24) is 0 Å². The van der Waals surface area contributed by atoms with Crippen molar-refractivity contribution in [1.29, 1.82) is 0 Å². The van der Waals surface area contributed by atoms with Gasteiger partial charge < -0.3 is 5.73 Å². The third kappa shape index (κ3) is 2.82. The van der Waals surface area contributed by atoms with Gasteiger partial charge in [-0.2, -0.15) is 0 Å². The number of halogens is 1. The van der Waals surface area contributed by atoms with Gasteiger partial charge in [-0.25, -0.2) is 0 Å². The van der Waals surface area contributed by atoms with Gasteiger partial charge in [-0.3, -0.25) is 0 Å². The largest absolute Gasteiger partial charge is 0.324 e. The smallest absolute Gasteiger partial charge is 0.0338 e. The number of aryl methyl sites for hydroxylation is 3. The first-order valence-corrected chi connectivity index (χ1v) is 8.05. The molecule has 1 atom stereocenters. The Morgan fingerprint density at radius 2 is 1.90 bits per heavy atom. The van der Waals surface area contributed by atoms with Crippen LogP contribution in [-0.4, -0.2) is 0 Å². The second kappa shape index (κ2) is 5.71. The lowest BCUT2D eigenvalue weighted by atomic mass is 9.95. The Morgan fingerprint density at radius 1 is 1.10 bits per heavy atom. The second-order valence-electron chi connectivity index (χ2n) is 5.77. The van der Waals surface area contributed by atoms with Crippen molar-refractivity contribution in [2.24, 2.45) is 5.73 Å². The van der Waals surface area contributed by atoms with Crippen LogP contribution in [0.15, 0.2) is 40.9 Å². The van der Waals surface area contributed by atoms with Crippen molar-refractivity contribution in [3.63, 3.8) is 0 Å². The van der Waals surface area contributed by atoms with E-state index < -0.39 is 0 Å². The highest BCUT2D eigenvalue weighted by Gasteiger charge is 2.14. The highest BCUT2D eigenvalue weighted by molar-refractivity contribution is 9.10. The van der Waals surface area contributed by atoms with Crippen molar-refractivity contribution in [3.05, 3.63) is 68.7 Å². The summed E-state index contributed by atoms with van der Waals surface area (Å²) in [5, 5.41) is 0. The minimum Gasteiger partial charge on any atom is -0.324 e. The average Bonchev–Trinajstić information content (AvgIpc) is 2.89. The zero-order chi connectivity index (χ0) is 14.1. The fourth-order valence-corrected chi connectivity index (χ4v) is 3.51. The fourth-order valence-electron chi connectivity index (χ4n) is 3.13. The van der Waals surface area contributed by atoms with Crippen LogP contribution in [0.3, 0.4) is 0 Å². The van der Waals surface area contributed by atoms with Crippen molar-refractivity contribution < 1.29 is 0 Å². The summed E-state index contributed by atoms with van der Waals surface area (Å²) in [6.45, 7) is 2.13. The molecule has 20 heavy (non-hydrogen) atoms. The van der Waals surface area contributed by atoms with Gasteiger partial charge in [-0.1, -0.05) is 40.2 Å². The Balaban J connectivity index is 1.82. The third-order valence-corrected chi connectivity index (χ3v) is 4.75. The molecular formula is C18H20BrN. The van der Waals surface area contributed by atoms with E-state index in [1.54, 1.807) is 0 Å². The predicted octanol–water partition coefficient (Wildman–Crippen LogP) is 4.49. The highest BCUT2D eigenvalue weighted by atomic mass is 79.9. The predicted molar refractivity (Wildman–Crippen MR) is 88.0 cm³/mol. The Bertz CT molecular complexity index is 633. The maximum atomic E-state index is 6.42. The minimum absolute atomic E-state index is 0.0620. The Hall–Kier alpha value is -1.12. The normalized spacial score (nSPS) is 15.2. The maximum Gasteiger partial charge on any atom is 0.0338 e. The molecule has 3 rings (SSSR count). The van der Waals surface area contributed by atoms with Crippen LogP contribution in [-0.2, 0) is 19.3 Å². The van der Waals surface area contributed by atoms with E-state index in [0.717, 1.165) is 10.9 Å². The topological polar surface area (TPSA) is 26.0 Å². The van der Waals surface area contributed by atoms with E-state index >= 15 is 0 Å². The van der Waals surface area contributed by atoms with Gasteiger partial charge in [0.2, 0.25) is 0 Å². The molecule has 2 aromatic rings. The molecule has 1 aliphatic carbocycles. The van der Waals surface area contributed by atoms with E-state index in [4.69, 9.17) is 5.73 Å². The Kier molecular flexibility index (Phi) is 3.95. The van der Waals surface area contributed by atoms with Gasteiger partial charge in [0.1, 0.15) is 0 Å². The van der Waals surface area contributed by atoms with E-state index in [1.165, 1.54) is 47.1 Å². The molecule has 0 fully saturated rings. The molecule has 0 amide bonds. The van der Waals surface area contributed by atoms with Crippen molar-refractivity contribution in [2.75, 3.05) is 0 Å². The lowest BCUT2D eigenvalue weighted by Crippen LogP contribution is -2.15. The molecule has 1 nitrogen and oxygen atoms in total. The number of hydrogen-bond donors (Lipinski definition) is 1. The molecule has 104 valence electrons. The average molecular weight is 330 g/mol. The Morgan fingerprint density at radius 3 is 2.75 bits per heavy atom. The molecular weight excluding hydrogens is 310 g/mol. The van der Waals surface area contributed by atoms with Gasteiger partial charge in [0.25, 0.3) is 0 Å². The van der Waals surface area contributed by atoms with E-state index in [9.17, 15) is 0 Å². The molecule has 0 radical (unpaired) electrons. The standard InChI is InChI=1S/C18H20BrN/c1-12-5-8-16(19)11-17(12)18(20)10-13-6-7-14-3-2-4-15(14)9-13/h5-9,11,18H,2-4,10,20H2,1H3. The fraction of sp³-hybridized carbons (Fsp3) is 0.333. The number of rotatable bonds is 3. The molecule has 0 saturated heterocycles. The van der Waals surface area contributed by atoms with Gasteiger partial charge in [0.15, 0.2) is 0 Å². The maximum absolute atomic E-state index is 6.42. The minimum atomic E-state index is 0.0620. The van der Waals surface area contributed by atoms with E-state index in [0.29, 0.717) is 0 Å². The molecule has 0 bridgehead atoms. The summed E-state index contributed by atoms with van der Waals surface area (Å²) in [4.78, 5) is 0. The molecule has 0 aromatic heterocycles. The summed E-state index contributed by atoms with van der Waals surface area (Å²) in [7, 11) is 0. The van der Waals surface area contributed by atoms with Crippen LogP contribution in [0.25, 0.3) is 0 Å². The lowest BCUT2D eigenvalue weighted by molar-refractivity contribution is 0.715. The summed E-state index contributed by atoms with van der Waals surface area (Å²) < 4.78 is 1.10. The zero-order valence-electron chi connectivity index (χ0n) is 11.8. The monoisotopic (exact) mass is 329 g/mol. The number of fused-ring (bicyclic) bond motifs is 1. The highest BCUT2D eigenvalue weighted by Crippen LogP contribution is 2.27. The van der Waals surface area contributed by atoms with Crippen LogP contribution in [0, 0.1) is 6.92 Å². The first-order chi connectivity index (χ1) is 9.63. The molecule has 0 heterocycles. The third-order valence-electron chi connectivity index (χ3n) is 4.26. The van der Waals surface area contributed by atoms with Crippen LogP contribution in [0.5, 0.6) is 0 Å². The summed E-state index contributed by atoms with van der Waals surface area (Å²) in [6, 6.07) is 13.3. The van der Waals surface area contributed by atoms with E-state index in [-0.39, 0.29) is 6.04 Å². The lowest BCUT2D eigenvalue weighted by Gasteiger charge is -2.16. The van der Waals surface area contributed by atoms with Gasteiger partial charge in [0.05, 0.1) is 0 Å². The van der Waals surface area contributed by atoms with E-state index in [1.807, 2.05) is 0 Å². The van der Waals surface area contributed by atoms with Gasteiger partial charge in [-0.05, 0) is 72.6 Å². The summed E-state index contributed by atoms with van der Waals surface area (Å²) in [6.07, 6.45) is 4.68.